The third-order valence-corrected chi connectivity index (χ3v) is 1.41. The van der Waals surface area contributed by atoms with Crippen molar-refractivity contribution in [3.8, 4) is 0 Å². The summed E-state index contributed by atoms with van der Waals surface area (Å²) in [6, 6.07) is 3.43. The third kappa shape index (κ3) is 1.49. The zero-order valence-electron chi connectivity index (χ0n) is 6.35. The topological polar surface area (TPSA) is 58.9 Å². The van der Waals surface area contributed by atoms with Crippen LogP contribution in [0.15, 0.2) is 18.7 Å². The highest BCUT2D eigenvalue weighted by molar-refractivity contribution is 5.91. The standard InChI is InChI=1S/C8H10N2O/c1-5(2)6-3-4-7(10-6)8(9)11/h3-4,10H,1H2,2H3,(H2,9,11). The van der Waals surface area contributed by atoms with Crippen LogP contribution >= 0.6 is 0 Å². The number of aromatic amines is 1. The molecule has 0 aliphatic rings. The van der Waals surface area contributed by atoms with Gasteiger partial charge in [-0.3, -0.25) is 4.79 Å². The first-order valence-corrected chi connectivity index (χ1v) is 3.26. The molecule has 1 aromatic heterocycles. The SMILES string of the molecule is C=C(C)c1ccc(C(N)=O)[nH]1. The maximum absolute atomic E-state index is 10.6. The highest BCUT2D eigenvalue weighted by Crippen LogP contribution is 2.09. The summed E-state index contributed by atoms with van der Waals surface area (Å²) in [4.78, 5) is 13.4. The highest BCUT2D eigenvalue weighted by atomic mass is 16.1. The molecule has 0 spiro atoms. The lowest BCUT2D eigenvalue weighted by molar-refractivity contribution is 0.0996. The number of amides is 1. The molecule has 0 radical (unpaired) electrons. The van der Waals surface area contributed by atoms with E-state index in [0.29, 0.717) is 5.69 Å². The quantitative estimate of drug-likeness (QED) is 0.652. The lowest BCUT2D eigenvalue weighted by atomic mass is 10.2. The molecule has 0 aliphatic carbocycles. The number of nitrogens with two attached hydrogens (primary N) is 1. The van der Waals surface area contributed by atoms with Crippen LogP contribution in [0, 0.1) is 0 Å². The molecule has 3 heteroatoms. The molecule has 3 nitrogen and oxygen atoms in total. The molecule has 0 saturated heterocycles. The second-order valence-electron chi connectivity index (χ2n) is 2.43. The summed E-state index contributed by atoms with van der Waals surface area (Å²) in [5, 5.41) is 0. The van der Waals surface area contributed by atoms with Crippen LogP contribution in [0.4, 0.5) is 0 Å². The Kier molecular flexibility index (Phi) is 1.81. The summed E-state index contributed by atoms with van der Waals surface area (Å²) in [6.45, 7) is 5.57. The Morgan fingerprint density at radius 2 is 2.09 bits per heavy atom. The number of hydrogen-bond acceptors (Lipinski definition) is 1. The van der Waals surface area contributed by atoms with Crippen molar-refractivity contribution >= 4 is 11.5 Å². The van der Waals surface area contributed by atoms with E-state index in [-0.39, 0.29) is 0 Å². The van der Waals surface area contributed by atoms with Gasteiger partial charge in [-0.2, -0.15) is 0 Å². The van der Waals surface area contributed by atoms with Crippen LogP contribution in [0.3, 0.4) is 0 Å². The molecular formula is C8H10N2O. The number of aromatic nitrogens is 1. The minimum absolute atomic E-state index is 0.419. The number of primary amides is 1. The Hall–Kier alpha value is -1.51. The van der Waals surface area contributed by atoms with Crippen molar-refractivity contribution in [3.05, 3.63) is 30.1 Å². The molecule has 11 heavy (non-hydrogen) atoms. The first kappa shape index (κ1) is 7.60. The molecule has 0 fully saturated rings. The summed E-state index contributed by atoms with van der Waals surface area (Å²) in [6.07, 6.45) is 0. The van der Waals surface area contributed by atoms with Crippen LogP contribution < -0.4 is 5.73 Å². The van der Waals surface area contributed by atoms with Gasteiger partial charge in [-0.05, 0) is 24.6 Å². The Bertz CT molecular complexity index is 270. The number of rotatable bonds is 2. The number of allylic oxidation sites excluding steroid dienone is 1. The van der Waals surface area contributed by atoms with E-state index < -0.39 is 5.91 Å². The van der Waals surface area contributed by atoms with Crippen LogP contribution in [0.1, 0.15) is 23.1 Å². The van der Waals surface area contributed by atoms with Crippen molar-refractivity contribution < 1.29 is 4.79 Å². The normalized spacial score (nSPS) is 9.55. The molecule has 0 aromatic carbocycles. The fourth-order valence-electron chi connectivity index (χ4n) is 0.788. The van der Waals surface area contributed by atoms with Gasteiger partial charge in [0.15, 0.2) is 0 Å². The van der Waals surface area contributed by atoms with E-state index in [0.717, 1.165) is 11.3 Å². The van der Waals surface area contributed by atoms with Gasteiger partial charge in [0.2, 0.25) is 0 Å². The summed E-state index contributed by atoms with van der Waals surface area (Å²) < 4.78 is 0. The summed E-state index contributed by atoms with van der Waals surface area (Å²) >= 11 is 0. The molecule has 0 aliphatic heterocycles. The molecule has 58 valence electrons. The van der Waals surface area contributed by atoms with E-state index in [1.807, 2.05) is 6.92 Å². The zero-order chi connectivity index (χ0) is 8.43. The van der Waals surface area contributed by atoms with Crippen molar-refractivity contribution in [1.29, 1.82) is 0 Å². The first-order chi connectivity index (χ1) is 5.11. The van der Waals surface area contributed by atoms with Gasteiger partial charge in [-0.25, -0.2) is 0 Å². The van der Waals surface area contributed by atoms with Gasteiger partial charge in [0.05, 0.1) is 0 Å². The average molecular weight is 150 g/mol. The van der Waals surface area contributed by atoms with E-state index in [9.17, 15) is 4.79 Å². The molecule has 1 amide bonds. The van der Waals surface area contributed by atoms with Gasteiger partial charge in [-0.15, -0.1) is 0 Å². The van der Waals surface area contributed by atoms with Crippen molar-refractivity contribution in [2.45, 2.75) is 6.92 Å². The second-order valence-corrected chi connectivity index (χ2v) is 2.43. The minimum atomic E-state index is -0.447. The zero-order valence-corrected chi connectivity index (χ0v) is 6.35. The number of H-pyrrole nitrogens is 1. The molecule has 1 aromatic rings. The maximum Gasteiger partial charge on any atom is 0.265 e. The fourth-order valence-corrected chi connectivity index (χ4v) is 0.788. The van der Waals surface area contributed by atoms with Crippen molar-refractivity contribution in [3.63, 3.8) is 0 Å². The number of carbonyl (C=O) groups is 1. The van der Waals surface area contributed by atoms with Gasteiger partial charge in [0, 0.05) is 5.69 Å². The molecule has 0 saturated carbocycles. The van der Waals surface area contributed by atoms with Crippen molar-refractivity contribution in [1.82, 2.24) is 4.98 Å². The smallest absolute Gasteiger partial charge is 0.265 e. The van der Waals surface area contributed by atoms with Crippen LogP contribution in [-0.4, -0.2) is 10.9 Å². The summed E-state index contributed by atoms with van der Waals surface area (Å²) in [7, 11) is 0. The lowest BCUT2D eigenvalue weighted by Crippen LogP contribution is -2.11. The van der Waals surface area contributed by atoms with Crippen molar-refractivity contribution in [2.75, 3.05) is 0 Å². The van der Waals surface area contributed by atoms with Crippen LogP contribution in [0.5, 0.6) is 0 Å². The second kappa shape index (κ2) is 2.62. The number of carbonyl (C=O) groups excluding carboxylic acids is 1. The molecule has 0 atom stereocenters. The van der Waals surface area contributed by atoms with Gasteiger partial charge in [-0.1, -0.05) is 6.58 Å². The molecule has 0 unspecified atom stereocenters. The molecular weight excluding hydrogens is 140 g/mol. The van der Waals surface area contributed by atoms with Crippen molar-refractivity contribution in [2.24, 2.45) is 5.73 Å². The molecule has 0 bridgehead atoms. The lowest BCUT2D eigenvalue weighted by Gasteiger charge is -1.91. The summed E-state index contributed by atoms with van der Waals surface area (Å²) in [5.41, 5.74) is 7.18. The van der Waals surface area contributed by atoms with Crippen LogP contribution in [-0.2, 0) is 0 Å². The van der Waals surface area contributed by atoms with E-state index >= 15 is 0 Å². The first-order valence-electron chi connectivity index (χ1n) is 3.26. The van der Waals surface area contributed by atoms with E-state index in [2.05, 4.69) is 11.6 Å². The molecule has 1 rings (SSSR count). The Labute approximate surface area is 64.9 Å². The molecule has 1 heterocycles. The third-order valence-electron chi connectivity index (χ3n) is 1.41. The summed E-state index contributed by atoms with van der Waals surface area (Å²) in [5.74, 6) is -0.447. The van der Waals surface area contributed by atoms with Gasteiger partial charge in [0.25, 0.3) is 5.91 Å². The Morgan fingerprint density at radius 3 is 2.36 bits per heavy atom. The predicted molar refractivity (Wildman–Crippen MR) is 44.0 cm³/mol. The van der Waals surface area contributed by atoms with Gasteiger partial charge >= 0.3 is 0 Å². The van der Waals surface area contributed by atoms with E-state index in [1.54, 1.807) is 12.1 Å². The highest BCUT2D eigenvalue weighted by Gasteiger charge is 2.02. The number of hydrogen-bond donors (Lipinski definition) is 2. The minimum Gasteiger partial charge on any atom is -0.364 e. The average Bonchev–Trinajstić information content (AvgIpc) is 2.33. The Morgan fingerprint density at radius 1 is 1.55 bits per heavy atom. The number of nitrogens with one attached hydrogen (secondary N) is 1. The monoisotopic (exact) mass is 150 g/mol. The van der Waals surface area contributed by atoms with Gasteiger partial charge < -0.3 is 10.7 Å². The predicted octanol–water partition coefficient (Wildman–Crippen LogP) is 1.15. The Balaban J connectivity index is 2.99. The fraction of sp³-hybridized carbons (Fsp3) is 0.125. The largest absolute Gasteiger partial charge is 0.364 e. The maximum atomic E-state index is 10.6. The van der Waals surface area contributed by atoms with E-state index in [4.69, 9.17) is 5.73 Å². The van der Waals surface area contributed by atoms with E-state index in [1.165, 1.54) is 0 Å². The molecule has 3 N–H and O–H groups in total. The van der Waals surface area contributed by atoms with Gasteiger partial charge in [0.1, 0.15) is 5.69 Å². The van der Waals surface area contributed by atoms with Crippen LogP contribution in [0.25, 0.3) is 5.57 Å². The van der Waals surface area contributed by atoms with Crippen LogP contribution in [0.2, 0.25) is 0 Å².